The highest BCUT2D eigenvalue weighted by Gasteiger charge is 2.54. The number of benzene rings is 2. The molecule has 0 spiro atoms. The van der Waals surface area contributed by atoms with Gasteiger partial charge in [0.05, 0.1) is 32.8 Å². The quantitative estimate of drug-likeness (QED) is 0.750. The zero-order valence-electron chi connectivity index (χ0n) is 15.5. The highest BCUT2D eigenvalue weighted by atomic mass is 16.7. The lowest BCUT2D eigenvalue weighted by Crippen LogP contribution is -2.18. The number of hydrogen-bond acceptors (Lipinski definition) is 7. The highest BCUT2D eigenvalue weighted by molar-refractivity contribution is 5.77. The van der Waals surface area contributed by atoms with E-state index in [1.807, 2.05) is 36.4 Å². The Kier molecular flexibility index (Phi) is 4.05. The first-order valence-corrected chi connectivity index (χ1v) is 9.13. The molecule has 0 aliphatic carbocycles. The number of esters is 1. The van der Waals surface area contributed by atoms with E-state index in [9.17, 15) is 4.79 Å². The molecule has 146 valence electrons. The van der Waals surface area contributed by atoms with E-state index in [0.29, 0.717) is 29.6 Å². The van der Waals surface area contributed by atoms with Gasteiger partial charge in [0, 0.05) is 5.92 Å². The highest BCUT2D eigenvalue weighted by Crippen LogP contribution is 2.52. The van der Waals surface area contributed by atoms with E-state index in [0.717, 1.165) is 11.1 Å². The summed E-state index contributed by atoms with van der Waals surface area (Å²) in [6.45, 7) is 0.647. The van der Waals surface area contributed by atoms with Crippen molar-refractivity contribution < 1.29 is 33.2 Å². The molecule has 4 atom stereocenters. The third-order valence-electron chi connectivity index (χ3n) is 5.62. The monoisotopic (exact) mass is 384 g/mol. The van der Waals surface area contributed by atoms with Crippen LogP contribution < -0.4 is 18.9 Å². The number of carbonyl (C=O) groups is 1. The molecular formula is C21H20O7. The van der Waals surface area contributed by atoms with Gasteiger partial charge in [-0.3, -0.25) is 4.79 Å². The van der Waals surface area contributed by atoms with Gasteiger partial charge in [-0.1, -0.05) is 12.1 Å². The van der Waals surface area contributed by atoms with Crippen LogP contribution in [0.5, 0.6) is 23.0 Å². The van der Waals surface area contributed by atoms with E-state index in [2.05, 4.69) is 0 Å². The van der Waals surface area contributed by atoms with Crippen molar-refractivity contribution in [2.75, 3.05) is 27.6 Å². The Morgan fingerprint density at radius 2 is 1.64 bits per heavy atom. The average molecular weight is 384 g/mol. The first-order chi connectivity index (χ1) is 13.7. The molecule has 0 amide bonds. The molecule has 5 rings (SSSR count). The fraction of sp³-hybridized carbons (Fsp3) is 0.381. The Morgan fingerprint density at radius 3 is 2.46 bits per heavy atom. The molecule has 0 aromatic heterocycles. The normalized spacial score (nSPS) is 27.4. The van der Waals surface area contributed by atoms with Gasteiger partial charge in [-0.25, -0.2) is 0 Å². The van der Waals surface area contributed by atoms with E-state index in [1.54, 1.807) is 14.2 Å². The third kappa shape index (κ3) is 2.57. The maximum atomic E-state index is 12.7. The molecule has 0 bridgehead atoms. The topological polar surface area (TPSA) is 72.5 Å². The third-order valence-corrected chi connectivity index (χ3v) is 5.62. The Labute approximate surface area is 162 Å². The second-order valence-corrected chi connectivity index (χ2v) is 7.03. The van der Waals surface area contributed by atoms with Crippen molar-refractivity contribution in [3.63, 3.8) is 0 Å². The first kappa shape index (κ1) is 17.2. The van der Waals surface area contributed by atoms with Crippen molar-refractivity contribution in [1.82, 2.24) is 0 Å². The number of fused-ring (bicyclic) bond motifs is 2. The Balaban J connectivity index is 1.43. The first-order valence-electron chi connectivity index (χ1n) is 9.13. The lowest BCUT2D eigenvalue weighted by molar-refractivity contribution is -0.148. The molecule has 0 N–H and O–H groups in total. The van der Waals surface area contributed by atoms with Crippen molar-refractivity contribution >= 4 is 5.97 Å². The second kappa shape index (κ2) is 6.60. The maximum absolute atomic E-state index is 12.7. The van der Waals surface area contributed by atoms with E-state index in [-0.39, 0.29) is 36.8 Å². The molecule has 0 radical (unpaired) electrons. The smallest absolute Gasteiger partial charge is 0.313 e. The molecule has 0 saturated carbocycles. The molecule has 2 fully saturated rings. The fourth-order valence-corrected chi connectivity index (χ4v) is 4.25. The molecule has 2 saturated heterocycles. The molecule has 0 unspecified atom stereocenters. The van der Waals surface area contributed by atoms with E-state index in [1.165, 1.54) is 0 Å². The summed E-state index contributed by atoms with van der Waals surface area (Å²) in [5, 5.41) is 0. The SMILES string of the molecule is COc1ccc([C@H]2OC[C@H]3[C@@H]2C(=O)O[C@@H]3c2ccc3c(c2)OCO3)cc1OC. The van der Waals surface area contributed by atoms with E-state index >= 15 is 0 Å². The van der Waals surface area contributed by atoms with Gasteiger partial charge in [0.2, 0.25) is 6.79 Å². The van der Waals surface area contributed by atoms with Crippen LogP contribution in [0.15, 0.2) is 36.4 Å². The predicted octanol–water partition coefficient (Wildman–Crippen LogP) is 3.03. The number of cyclic esters (lactones) is 1. The van der Waals surface area contributed by atoms with Crippen molar-refractivity contribution in [3.8, 4) is 23.0 Å². The largest absolute Gasteiger partial charge is 0.493 e. The molecule has 3 aliphatic heterocycles. The van der Waals surface area contributed by atoms with Crippen LogP contribution >= 0.6 is 0 Å². The van der Waals surface area contributed by atoms with Crippen molar-refractivity contribution in [2.45, 2.75) is 12.2 Å². The minimum atomic E-state index is -0.378. The molecule has 7 heteroatoms. The van der Waals surface area contributed by atoms with Gasteiger partial charge in [-0.2, -0.15) is 0 Å². The number of methoxy groups -OCH3 is 2. The van der Waals surface area contributed by atoms with Crippen LogP contribution in [0.4, 0.5) is 0 Å². The van der Waals surface area contributed by atoms with Crippen molar-refractivity contribution in [1.29, 1.82) is 0 Å². The van der Waals surface area contributed by atoms with Crippen LogP contribution in [-0.4, -0.2) is 33.6 Å². The van der Waals surface area contributed by atoms with Crippen LogP contribution in [0.2, 0.25) is 0 Å². The van der Waals surface area contributed by atoms with Crippen LogP contribution in [0.3, 0.4) is 0 Å². The van der Waals surface area contributed by atoms with Gasteiger partial charge < -0.3 is 28.4 Å². The number of carbonyl (C=O) groups excluding carboxylic acids is 1. The van der Waals surface area contributed by atoms with Crippen molar-refractivity contribution in [2.24, 2.45) is 11.8 Å². The van der Waals surface area contributed by atoms with Gasteiger partial charge in [-0.15, -0.1) is 0 Å². The standard InChI is InChI=1S/C21H20O7/c1-23-14-5-3-12(7-16(14)24-2)20-18-13(9-25-20)19(28-21(18)22)11-4-6-15-17(8-11)27-10-26-15/h3-8,13,18-20H,9-10H2,1-2H3/t13-,18-,19+,20+/m0/s1. The summed E-state index contributed by atoms with van der Waals surface area (Å²) < 4.78 is 33.3. The summed E-state index contributed by atoms with van der Waals surface area (Å²) in [7, 11) is 3.17. The van der Waals surface area contributed by atoms with Crippen LogP contribution in [0.1, 0.15) is 23.3 Å². The maximum Gasteiger partial charge on any atom is 0.313 e. The number of rotatable bonds is 4. The molecular weight excluding hydrogens is 364 g/mol. The molecule has 3 aliphatic rings. The zero-order valence-corrected chi connectivity index (χ0v) is 15.5. The predicted molar refractivity (Wildman–Crippen MR) is 96.6 cm³/mol. The number of hydrogen-bond donors (Lipinski definition) is 0. The van der Waals surface area contributed by atoms with E-state index in [4.69, 9.17) is 28.4 Å². The van der Waals surface area contributed by atoms with Crippen LogP contribution in [0.25, 0.3) is 0 Å². The average Bonchev–Trinajstić information content (AvgIpc) is 3.43. The Hall–Kier alpha value is -2.93. The zero-order chi connectivity index (χ0) is 19.3. The Morgan fingerprint density at radius 1 is 0.893 bits per heavy atom. The summed E-state index contributed by atoms with van der Waals surface area (Å²) in [5.41, 5.74) is 1.76. The minimum Gasteiger partial charge on any atom is -0.493 e. The van der Waals surface area contributed by atoms with Gasteiger partial charge >= 0.3 is 5.97 Å². The molecule has 2 aromatic rings. The summed E-state index contributed by atoms with van der Waals surface area (Å²) in [6.07, 6.45) is -0.742. The van der Waals surface area contributed by atoms with Gasteiger partial charge in [0.15, 0.2) is 23.0 Å². The van der Waals surface area contributed by atoms with Crippen LogP contribution in [0, 0.1) is 11.8 Å². The second-order valence-electron chi connectivity index (χ2n) is 7.03. The molecule has 28 heavy (non-hydrogen) atoms. The van der Waals surface area contributed by atoms with Crippen molar-refractivity contribution in [3.05, 3.63) is 47.5 Å². The van der Waals surface area contributed by atoms with Gasteiger partial charge in [0.25, 0.3) is 0 Å². The lowest BCUT2D eigenvalue weighted by Gasteiger charge is -2.17. The summed E-state index contributed by atoms with van der Waals surface area (Å²) in [5.74, 6) is 1.94. The summed E-state index contributed by atoms with van der Waals surface area (Å²) in [6, 6.07) is 11.2. The molecule has 7 nitrogen and oxygen atoms in total. The van der Waals surface area contributed by atoms with E-state index < -0.39 is 0 Å². The van der Waals surface area contributed by atoms with Gasteiger partial charge in [-0.05, 0) is 35.4 Å². The van der Waals surface area contributed by atoms with Crippen LogP contribution in [-0.2, 0) is 14.3 Å². The Bertz CT molecular complexity index is 925. The summed E-state index contributed by atoms with van der Waals surface area (Å²) >= 11 is 0. The fourth-order valence-electron chi connectivity index (χ4n) is 4.25. The summed E-state index contributed by atoms with van der Waals surface area (Å²) in [4.78, 5) is 12.7. The minimum absolute atomic E-state index is 0.0639. The van der Waals surface area contributed by atoms with Gasteiger partial charge in [0.1, 0.15) is 6.10 Å². The molecule has 2 aromatic carbocycles. The number of ether oxygens (including phenoxy) is 6. The lowest BCUT2D eigenvalue weighted by atomic mass is 9.84. The molecule has 3 heterocycles.